The lowest BCUT2D eigenvalue weighted by Gasteiger charge is -2.01. The zero-order valence-electron chi connectivity index (χ0n) is 8.33. The van der Waals surface area contributed by atoms with Gasteiger partial charge in [-0.15, -0.1) is 0 Å². The molecule has 0 aliphatic carbocycles. The van der Waals surface area contributed by atoms with Gasteiger partial charge in [-0.3, -0.25) is 0 Å². The van der Waals surface area contributed by atoms with Crippen molar-refractivity contribution in [1.29, 1.82) is 0 Å². The summed E-state index contributed by atoms with van der Waals surface area (Å²) in [6.07, 6.45) is 0. The van der Waals surface area contributed by atoms with Gasteiger partial charge >= 0.3 is 0 Å². The van der Waals surface area contributed by atoms with Gasteiger partial charge in [-0.1, -0.05) is 23.2 Å². The lowest BCUT2D eigenvalue weighted by molar-refractivity contribution is 0.764. The van der Waals surface area contributed by atoms with Crippen LogP contribution in [0.4, 0.5) is 0 Å². The summed E-state index contributed by atoms with van der Waals surface area (Å²) in [5.41, 5.74) is 0.910. The number of benzene rings is 1. The second kappa shape index (κ2) is 3.83. The van der Waals surface area contributed by atoms with Crippen LogP contribution >= 0.6 is 23.2 Å². The first-order chi connectivity index (χ1) is 7.08. The molecule has 2 rings (SSSR count). The zero-order chi connectivity index (χ0) is 11.0. The first-order valence-corrected chi connectivity index (χ1v) is 5.16. The van der Waals surface area contributed by atoms with Gasteiger partial charge in [0.1, 0.15) is 5.82 Å². The fraction of sp³-hybridized carbons (Fsp3) is 0.200. The first-order valence-electron chi connectivity index (χ1n) is 4.41. The van der Waals surface area contributed by atoms with Crippen LogP contribution in [-0.4, -0.2) is 14.8 Å². The van der Waals surface area contributed by atoms with Gasteiger partial charge in [-0.25, -0.2) is 9.67 Å². The lowest BCUT2D eigenvalue weighted by Crippen LogP contribution is -1.94. The van der Waals surface area contributed by atoms with Gasteiger partial charge in [0.15, 0.2) is 5.82 Å². The van der Waals surface area contributed by atoms with Crippen molar-refractivity contribution in [3.8, 4) is 11.4 Å². The molecule has 78 valence electrons. The third kappa shape index (κ3) is 1.98. The van der Waals surface area contributed by atoms with Crippen molar-refractivity contribution in [3.05, 3.63) is 34.1 Å². The van der Waals surface area contributed by atoms with Gasteiger partial charge in [0, 0.05) is 12.6 Å². The molecule has 0 saturated carbocycles. The molecule has 0 unspecified atom stereocenters. The van der Waals surface area contributed by atoms with Crippen molar-refractivity contribution in [1.82, 2.24) is 14.8 Å². The average Bonchev–Trinajstić information content (AvgIpc) is 2.50. The summed E-state index contributed by atoms with van der Waals surface area (Å²) < 4.78 is 1.72. The molecule has 1 aromatic carbocycles. The summed E-state index contributed by atoms with van der Waals surface area (Å²) in [4.78, 5) is 4.30. The van der Waals surface area contributed by atoms with E-state index in [0.29, 0.717) is 10.0 Å². The highest BCUT2D eigenvalue weighted by atomic mass is 35.5. The molecule has 0 aliphatic rings. The molecular formula is C10H9Cl2N3. The molecule has 15 heavy (non-hydrogen) atoms. The van der Waals surface area contributed by atoms with Gasteiger partial charge in [-0.05, 0) is 25.1 Å². The van der Waals surface area contributed by atoms with Gasteiger partial charge < -0.3 is 0 Å². The number of hydrogen-bond acceptors (Lipinski definition) is 2. The molecular weight excluding hydrogens is 233 g/mol. The Bertz CT molecular complexity index is 505. The molecule has 0 fully saturated rings. The van der Waals surface area contributed by atoms with Gasteiger partial charge in [-0.2, -0.15) is 5.10 Å². The van der Waals surface area contributed by atoms with E-state index in [4.69, 9.17) is 23.2 Å². The van der Waals surface area contributed by atoms with E-state index in [1.165, 1.54) is 0 Å². The van der Waals surface area contributed by atoms with Crippen molar-refractivity contribution in [2.75, 3.05) is 0 Å². The maximum atomic E-state index is 5.93. The Morgan fingerprint density at radius 3 is 2.47 bits per heavy atom. The van der Waals surface area contributed by atoms with E-state index in [9.17, 15) is 0 Å². The largest absolute Gasteiger partial charge is 0.249 e. The van der Waals surface area contributed by atoms with Crippen LogP contribution in [0.1, 0.15) is 5.82 Å². The molecule has 0 spiro atoms. The number of halogens is 2. The Labute approximate surface area is 97.7 Å². The van der Waals surface area contributed by atoms with Gasteiger partial charge in [0.05, 0.1) is 10.0 Å². The second-order valence-corrected chi connectivity index (χ2v) is 4.05. The first kappa shape index (κ1) is 10.5. The maximum absolute atomic E-state index is 5.93. The molecule has 0 N–H and O–H groups in total. The SMILES string of the molecule is Cc1nc(-c2ccc(Cl)c(Cl)c2)n(C)n1. The molecule has 1 aromatic heterocycles. The quantitative estimate of drug-likeness (QED) is 0.769. The van der Waals surface area contributed by atoms with E-state index in [-0.39, 0.29) is 0 Å². The number of aryl methyl sites for hydroxylation is 2. The van der Waals surface area contributed by atoms with Crippen molar-refractivity contribution < 1.29 is 0 Å². The topological polar surface area (TPSA) is 30.7 Å². The summed E-state index contributed by atoms with van der Waals surface area (Å²) in [5.74, 6) is 1.52. The normalized spacial score (nSPS) is 10.7. The molecule has 2 aromatic rings. The Morgan fingerprint density at radius 2 is 1.93 bits per heavy atom. The van der Waals surface area contributed by atoms with Crippen molar-refractivity contribution in [3.63, 3.8) is 0 Å². The lowest BCUT2D eigenvalue weighted by atomic mass is 10.2. The highest BCUT2D eigenvalue weighted by molar-refractivity contribution is 6.42. The maximum Gasteiger partial charge on any atom is 0.158 e. The Kier molecular flexibility index (Phi) is 2.67. The number of nitrogens with zero attached hydrogens (tertiary/aromatic N) is 3. The Hall–Kier alpha value is -1.06. The Morgan fingerprint density at radius 1 is 1.20 bits per heavy atom. The summed E-state index contributed by atoms with van der Waals surface area (Å²) in [5, 5.41) is 5.23. The molecule has 0 radical (unpaired) electrons. The van der Waals surface area contributed by atoms with Gasteiger partial charge in [0.25, 0.3) is 0 Å². The third-order valence-corrected chi connectivity index (χ3v) is 2.79. The minimum absolute atomic E-state index is 0.523. The highest BCUT2D eigenvalue weighted by Gasteiger charge is 2.08. The monoisotopic (exact) mass is 241 g/mol. The predicted molar refractivity (Wildman–Crippen MR) is 61.2 cm³/mol. The minimum Gasteiger partial charge on any atom is -0.249 e. The molecule has 1 heterocycles. The number of aromatic nitrogens is 3. The molecule has 0 amide bonds. The third-order valence-electron chi connectivity index (χ3n) is 2.05. The van der Waals surface area contributed by atoms with Crippen LogP contribution in [0.5, 0.6) is 0 Å². The van der Waals surface area contributed by atoms with E-state index in [0.717, 1.165) is 17.2 Å². The van der Waals surface area contributed by atoms with Gasteiger partial charge in [0.2, 0.25) is 0 Å². The summed E-state index contributed by atoms with van der Waals surface area (Å²) >= 11 is 11.8. The van der Waals surface area contributed by atoms with Crippen LogP contribution in [0.2, 0.25) is 10.0 Å². The van der Waals surface area contributed by atoms with E-state index in [2.05, 4.69) is 10.1 Å². The molecule has 3 nitrogen and oxygen atoms in total. The van der Waals surface area contributed by atoms with Crippen molar-refractivity contribution >= 4 is 23.2 Å². The molecule has 5 heteroatoms. The summed E-state index contributed by atoms with van der Waals surface area (Å²) in [6, 6.07) is 5.41. The van der Waals surface area contributed by atoms with Crippen LogP contribution in [0.15, 0.2) is 18.2 Å². The fourth-order valence-electron chi connectivity index (χ4n) is 1.40. The van der Waals surface area contributed by atoms with Crippen molar-refractivity contribution in [2.45, 2.75) is 6.92 Å². The Balaban J connectivity index is 2.54. The molecule has 0 bridgehead atoms. The molecule has 0 atom stereocenters. The van der Waals surface area contributed by atoms with E-state index >= 15 is 0 Å². The highest BCUT2D eigenvalue weighted by Crippen LogP contribution is 2.27. The van der Waals surface area contributed by atoms with E-state index in [1.54, 1.807) is 16.8 Å². The van der Waals surface area contributed by atoms with Crippen LogP contribution in [0.25, 0.3) is 11.4 Å². The van der Waals surface area contributed by atoms with E-state index in [1.807, 2.05) is 20.0 Å². The molecule has 0 aliphatic heterocycles. The average molecular weight is 242 g/mol. The van der Waals surface area contributed by atoms with Crippen LogP contribution in [-0.2, 0) is 7.05 Å². The van der Waals surface area contributed by atoms with Crippen LogP contribution in [0, 0.1) is 6.92 Å². The van der Waals surface area contributed by atoms with Crippen LogP contribution in [0.3, 0.4) is 0 Å². The standard InChI is InChI=1S/C10H9Cl2N3/c1-6-13-10(15(2)14-6)7-3-4-8(11)9(12)5-7/h3-5H,1-2H3. The predicted octanol–water partition coefficient (Wildman–Crippen LogP) is 3.10. The minimum atomic E-state index is 0.523. The fourth-order valence-corrected chi connectivity index (χ4v) is 1.70. The smallest absolute Gasteiger partial charge is 0.158 e. The number of rotatable bonds is 1. The van der Waals surface area contributed by atoms with Crippen molar-refractivity contribution in [2.24, 2.45) is 7.05 Å². The summed E-state index contributed by atoms with van der Waals surface area (Å²) in [6.45, 7) is 1.85. The van der Waals surface area contributed by atoms with E-state index < -0.39 is 0 Å². The molecule has 0 saturated heterocycles. The number of hydrogen-bond donors (Lipinski definition) is 0. The zero-order valence-corrected chi connectivity index (χ0v) is 9.84. The summed E-state index contributed by atoms with van der Waals surface area (Å²) in [7, 11) is 1.85. The van der Waals surface area contributed by atoms with Crippen LogP contribution < -0.4 is 0 Å². The second-order valence-electron chi connectivity index (χ2n) is 3.24.